The molecule has 108 valence electrons. The van der Waals surface area contributed by atoms with E-state index < -0.39 is 0 Å². The standard InChI is InChI=1S/C15H17N5O/c21-12-19-8-10-20(11-9-19)14-6-7-16-15(18-14)17-13-4-2-1-3-5-13/h1-7,12H,8-11H2,(H,16,17,18). The summed E-state index contributed by atoms with van der Waals surface area (Å²) in [5, 5.41) is 3.19. The molecule has 0 saturated carbocycles. The van der Waals surface area contributed by atoms with Gasteiger partial charge in [0.2, 0.25) is 12.4 Å². The fourth-order valence-electron chi connectivity index (χ4n) is 2.29. The lowest BCUT2D eigenvalue weighted by atomic mass is 10.3. The number of rotatable bonds is 4. The first-order valence-corrected chi connectivity index (χ1v) is 6.94. The second-order valence-electron chi connectivity index (χ2n) is 4.86. The van der Waals surface area contributed by atoms with E-state index in [2.05, 4.69) is 20.2 Å². The van der Waals surface area contributed by atoms with Crippen molar-refractivity contribution in [2.75, 3.05) is 36.4 Å². The number of hydrogen-bond acceptors (Lipinski definition) is 5. The number of nitrogens with one attached hydrogen (secondary N) is 1. The second-order valence-corrected chi connectivity index (χ2v) is 4.86. The van der Waals surface area contributed by atoms with E-state index in [4.69, 9.17) is 0 Å². The fourth-order valence-corrected chi connectivity index (χ4v) is 2.29. The van der Waals surface area contributed by atoms with Crippen molar-refractivity contribution in [3.8, 4) is 0 Å². The van der Waals surface area contributed by atoms with E-state index in [1.807, 2.05) is 36.4 Å². The predicted octanol–water partition coefficient (Wildman–Crippen LogP) is 1.50. The van der Waals surface area contributed by atoms with E-state index in [0.717, 1.165) is 44.1 Å². The van der Waals surface area contributed by atoms with Crippen molar-refractivity contribution in [2.45, 2.75) is 0 Å². The van der Waals surface area contributed by atoms with Gasteiger partial charge in [0.05, 0.1) is 0 Å². The molecule has 2 aromatic rings. The van der Waals surface area contributed by atoms with Crippen molar-refractivity contribution in [1.29, 1.82) is 0 Å². The molecular formula is C15H17N5O. The van der Waals surface area contributed by atoms with E-state index in [1.54, 1.807) is 11.1 Å². The average molecular weight is 283 g/mol. The quantitative estimate of drug-likeness (QED) is 0.862. The van der Waals surface area contributed by atoms with Gasteiger partial charge < -0.3 is 15.1 Å². The number of carbonyl (C=O) groups excluding carboxylic acids is 1. The Morgan fingerprint density at radius 2 is 1.81 bits per heavy atom. The van der Waals surface area contributed by atoms with Crippen molar-refractivity contribution in [1.82, 2.24) is 14.9 Å². The molecule has 0 aliphatic carbocycles. The highest BCUT2D eigenvalue weighted by Crippen LogP contribution is 2.17. The minimum atomic E-state index is 0.580. The molecule has 0 radical (unpaired) electrons. The summed E-state index contributed by atoms with van der Waals surface area (Å²) in [7, 11) is 0. The molecule has 1 N–H and O–H groups in total. The fraction of sp³-hybridized carbons (Fsp3) is 0.267. The molecule has 1 aliphatic heterocycles. The van der Waals surface area contributed by atoms with E-state index in [-0.39, 0.29) is 0 Å². The van der Waals surface area contributed by atoms with E-state index in [9.17, 15) is 4.79 Å². The molecule has 1 aromatic carbocycles. The van der Waals surface area contributed by atoms with Gasteiger partial charge in [-0.25, -0.2) is 4.98 Å². The molecule has 1 aliphatic rings. The van der Waals surface area contributed by atoms with Crippen molar-refractivity contribution >= 4 is 23.9 Å². The summed E-state index contributed by atoms with van der Waals surface area (Å²) >= 11 is 0. The van der Waals surface area contributed by atoms with Crippen LogP contribution >= 0.6 is 0 Å². The molecule has 2 heterocycles. The highest BCUT2D eigenvalue weighted by Gasteiger charge is 2.17. The van der Waals surface area contributed by atoms with Crippen LogP contribution in [0.5, 0.6) is 0 Å². The Labute approximate surface area is 123 Å². The first-order valence-electron chi connectivity index (χ1n) is 6.94. The van der Waals surface area contributed by atoms with Gasteiger partial charge in [0.1, 0.15) is 5.82 Å². The molecular weight excluding hydrogens is 266 g/mol. The second kappa shape index (κ2) is 6.21. The van der Waals surface area contributed by atoms with E-state index in [0.29, 0.717) is 5.95 Å². The third-order valence-corrected chi connectivity index (χ3v) is 3.46. The lowest BCUT2D eigenvalue weighted by Crippen LogP contribution is -2.46. The zero-order valence-corrected chi connectivity index (χ0v) is 11.6. The summed E-state index contributed by atoms with van der Waals surface area (Å²) in [4.78, 5) is 23.5. The lowest BCUT2D eigenvalue weighted by Gasteiger charge is -2.33. The van der Waals surface area contributed by atoms with Gasteiger partial charge in [-0.3, -0.25) is 4.79 Å². The molecule has 6 nitrogen and oxygen atoms in total. The minimum absolute atomic E-state index is 0.580. The van der Waals surface area contributed by atoms with Crippen LogP contribution in [0.3, 0.4) is 0 Å². The third-order valence-electron chi connectivity index (χ3n) is 3.46. The van der Waals surface area contributed by atoms with Crippen LogP contribution in [0.4, 0.5) is 17.5 Å². The summed E-state index contributed by atoms with van der Waals surface area (Å²) in [6.07, 6.45) is 2.65. The Bertz CT molecular complexity index is 596. The smallest absolute Gasteiger partial charge is 0.229 e. The highest BCUT2D eigenvalue weighted by atomic mass is 16.1. The Morgan fingerprint density at radius 3 is 2.52 bits per heavy atom. The number of aromatic nitrogens is 2. The summed E-state index contributed by atoms with van der Waals surface area (Å²) in [5.41, 5.74) is 0.959. The van der Waals surface area contributed by atoms with Crippen LogP contribution in [0.2, 0.25) is 0 Å². The van der Waals surface area contributed by atoms with Gasteiger partial charge >= 0.3 is 0 Å². The number of anilines is 3. The van der Waals surface area contributed by atoms with Crippen LogP contribution < -0.4 is 10.2 Å². The zero-order chi connectivity index (χ0) is 14.5. The van der Waals surface area contributed by atoms with Gasteiger partial charge in [-0.2, -0.15) is 4.98 Å². The molecule has 1 saturated heterocycles. The summed E-state index contributed by atoms with van der Waals surface area (Å²) < 4.78 is 0. The maximum atomic E-state index is 10.7. The topological polar surface area (TPSA) is 61.4 Å². The summed E-state index contributed by atoms with van der Waals surface area (Å²) in [6, 6.07) is 11.7. The summed E-state index contributed by atoms with van der Waals surface area (Å²) in [5.74, 6) is 1.46. The van der Waals surface area contributed by atoms with E-state index >= 15 is 0 Å². The number of carbonyl (C=O) groups is 1. The molecule has 1 fully saturated rings. The van der Waals surface area contributed by atoms with Crippen LogP contribution in [-0.2, 0) is 4.79 Å². The van der Waals surface area contributed by atoms with Gasteiger partial charge in [0.25, 0.3) is 0 Å². The molecule has 0 atom stereocenters. The summed E-state index contributed by atoms with van der Waals surface area (Å²) in [6.45, 7) is 3.05. The highest BCUT2D eigenvalue weighted by molar-refractivity contribution is 5.55. The average Bonchev–Trinajstić information content (AvgIpc) is 2.56. The van der Waals surface area contributed by atoms with Gasteiger partial charge in [-0.05, 0) is 18.2 Å². The monoisotopic (exact) mass is 283 g/mol. The van der Waals surface area contributed by atoms with Crippen molar-refractivity contribution < 1.29 is 4.79 Å². The van der Waals surface area contributed by atoms with Crippen molar-refractivity contribution in [2.24, 2.45) is 0 Å². The number of piperazine rings is 1. The maximum absolute atomic E-state index is 10.7. The van der Waals surface area contributed by atoms with Gasteiger partial charge in [-0.15, -0.1) is 0 Å². The predicted molar refractivity (Wildman–Crippen MR) is 81.6 cm³/mol. The number of nitrogens with zero attached hydrogens (tertiary/aromatic N) is 4. The Hall–Kier alpha value is -2.63. The molecule has 1 amide bonds. The maximum Gasteiger partial charge on any atom is 0.229 e. The normalized spacial score (nSPS) is 14.9. The molecule has 3 rings (SSSR count). The van der Waals surface area contributed by atoms with Gasteiger partial charge in [0, 0.05) is 38.1 Å². The molecule has 0 bridgehead atoms. The van der Waals surface area contributed by atoms with Crippen molar-refractivity contribution in [3.05, 3.63) is 42.6 Å². The van der Waals surface area contributed by atoms with Crippen LogP contribution in [0, 0.1) is 0 Å². The zero-order valence-electron chi connectivity index (χ0n) is 11.6. The van der Waals surface area contributed by atoms with Gasteiger partial charge in [0.15, 0.2) is 0 Å². The van der Waals surface area contributed by atoms with Crippen LogP contribution in [0.1, 0.15) is 0 Å². The largest absolute Gasteiger partial charge is 0.353 e. The molecule has 21 heavy (non-hydrogen) atoms. The van der Waals surface area contributed by atoms with Crippen LogP contribution in [0.25, 0.3) is 0 Å². The van der Waals surface area contributed by atoms with E-state index in [1.165, 1.54) is 0 Å². The number of hydrogen-bond donors (Lipinski definition) is 1. The van der Waals surface area contributed by atoms with Gasteiger partial charge in [-0.1, -0.05) is 18.2 Å². The molecule has 0 spiro atoms. The molecule has 1 aromatic heterocycles. The molecule has 0 unspecified atom stereocenters. The van der Waals surface area contributed by atoms with Crippen LogP contribution in [-0.4, -0.2) is 47.5 Å². The SMILES string of the molecule is O=CN1CCN(c2ccnc(Nc3ccccc3)n2)CC1. The molecule has 6 heteroatoms. The number of para-hydroxylation sites is 1. The number of benzene rings is 1. The first-order chi connectivity index (χ1) is 10.3. The Balaban J connectivity index is 1.70. The first kappa shape index (κ1) is 13.4. The lowest BCUT2D eigenvalue weighted by molar-refractivity contribution is -0.118. The van der Waals surface area contributed by atoms with Crippen LogP contribution in [0.15, 0.2) is 42.6 Å². The Morgan fingerprint density at radius 1 is 1.05 bits per heavy atom. The Kier molecular flexibility index (Phi) is 3.95. The van der Waals surface area contributed by atoms with Crippen molar-refractivity contribution in [3.63, 3.8) is 0 Å². The minimum Gasteiger partial charge on any atom is -0.353 e. The third kappa shape index (κ3) is 3.28. The number of amides is 1.